The highest BCUT2D eigenvalue weighted by molar-refractivity contribution is 6.30. The van der Waals surface area contributed by atoms with Crippen molar-refractivity contribution in [1.82, 2.24) is 0 Å². The van der Waals surface area contributed by atoms with Crippen LogP contribution in [-0.2, 0) is 20.0 Å². The van der Waals surface area contributed by atoms with E-state index in [0.717, 1.165) is 16.0 Å². The smallest absolute Gasteiger partial charge is 0.421 e. The number of nitrogens with zero attached hydrogens (tertiary/aromatic N) is 2. The molecule has 5 rings (SSSR count). The van der Waals surface area contributed by atoms with E-state index >= 15 is 0 Å². The van der Waals surface area contributed by atoms with E-state index in [2.05, 4.69) is 5.16 Å². The van der Waals surface area contributed by atoms with E-state index in [4.69, 9.17) is 21.2 Å². The number of hydrogen-bond acceptors (Lipinski definition) is 5. The molecular weight excluding hydrogens is 452 g/mol. The van der Waals surface area contributed by atoms with Gasteiger partial charge in [-0.2, -0.15) is 0 Å². The number of carbonyl (C=O) groups excluding carboxylic acids is 2. The van der Waals surface area contributed by atoms with Gasteiger partial charge >= 0.3 is 6.09 Å². The molecule has 0 aromatic heterocycles. The fourth-order valence-electron chi connectivity index (χ4n) is 4.56. The second kappa shape index (κ2) is 7.99. The molecule has 0 N–H and O–H groups in total. The molecule has 2 aliphatic heterocycles. The number of benzene rings is 3. The number of fused-ring (bicyclic) bond motifs is 2. The van der Waals surface area contributed by atoms with Crippen LogP contribution in [0.15, 0.2) is 84.0 Å². The molecule has 2 aliphatic rings. The lowest BCUT2D eigenvalue weighted by Gasteiger charge is -2.29. The van der Waals surface area contributed by atoms with Gasteiger partial charge in [-0.3, -0.25) is 4.79 Å². The summed E-state index contributed by atoms with van der Waals surface area (Å²) in [6, 6.07) is 23.9. The summed E-state index contributed by atoms with van der Waals surface area (Å²) in [5.41, 5.74) is 0.744. The van der Waals surface area contributed by atoms with Gasteiger partial charge in [0.15, 0.2) is 0 Å². The minimum atomic E-state index is -1.58. The standard InChI is InChI=1S/C27H23ClN2O4/c1-26(2,3)33-25(32)30-21-15-8-7-14-20(21)27(24(30)31)22(18-12-9-13-19(28)16-18)23(29-34-27)17-10-5-4-6-11-17/h4-16,22H,1-3H3. The highest BCUT2D eigenvalue weighted by atomic mass is 35.5. The minimum Gasteiger partial charge on any atom is -0.443 e. The van der Waals surface area contributed by atoms with Crippen molar-refractivity contribution < 1.29 is 19.2 Å². The van der Waals surface area contributed by atoms with Crippen LogP contribution in [0.2, 0.25) is 5.02 Å². The van der Waals surface area contributed by atoms with Crippen LogP contribution < -0.4 is 4.90 Å². The quantitative estimate of drug-likeness (QED) is 0.454. The van der Waals surface area contributed by atoms with E-state index in [-0.39, 0.29) is 0 Å². The summed E-state index contributed by atoms with van der Waals surface area (Å²) in [6.45, 7) is 5.26. The van der Waals surface area contributed by atoms with Crippen LogP contribution in [0, 0.1) is 0 Å². The third-order valence-corrected chi connectivity index (χ3v) is 6.10. The van der Waals surface area contributed by atoms with Gasteiger partial charge in [-0.25, -0.2) is 9.69 Å². The average molecular weight is 475 g/mol. The Bertz CT molecular complexity index is 1320. The summed E-state index contributed by atoms with van der Waals surface area (Å²) in [4.78, 5) is 34.5. The maximum absolute atomic E-state index is 14.2. The molecule has 0 saturated carbocycles. The molecule has 172 valence electrons. The van der Waals surface area contributed by atoms with Crippen molar-refractivity contribution in [2.75, 3.05) is 4.90 Å². The van der Waals surface area contributed by atoms with Gasteiger partial charge in [-0.15, -0.1) is 0 Å². The van der Waals surface area contributed by atoms with Gasteiger partial charge in [0.05, 0.1) is 17.3 Å². The Balaban J connectivity index is 1.71. The maximum atomic E-state index is 14.2. The Morgan fingerprint density at radius 3 is 2.44 bits per heavy atom. The van der Waals surface area contributed by atoms with E-state index in [1.807, 2.05) is 48.5 Å². The number of anilines is 1. The monoisotopic (exact) mass is 474 g/mol. The number of amides is 2. The zero-order valence-electron chi connectivity index (χ0n) is 19.0. The van der Waals surface area contributed by atoms with Gasteiger partial charge in [0, 0.05) is 16.1 Å². The molecule has 7 heteroatoms. The molecule has 6 nitrogen and oxygen atoms in total. The largest absolute Gasteiger partial charge is 0.443 e. The van der Waals surface area contributed by atoms with Crippen molar-refractivity contribution >= 4 is 35.0 Å². The molecule has 0 bridgehead atoms. The molecule has 3 aromatic carbocycles. The molecule has 3 aromatic rings. The van der Waals surface area contributed by atoms with Gasteiger partial charge in [0.2, 0.25) is 0 Å². The van der Waals surface area contributed by atoms with E-state index in [1.54, 1.807) is 51.1 Å². The van der Waals surface area contributed by atoms with Gasteiger partial charge in [-0.05, 0) is 44.5 Å². The third kappa shape index (κ3) is 3.46. The first-order valence-electron chi connectivity index (χ1n) is 11.0. The first-order chi connectivity index (χ1) is 16.2. The molecule has 2 heterocycles. The van der Waals surface area contributed by atoms with Gasteiger partial charge in [0.25, 0.3) is 11.5 Å². The van der Waals surface area contributed by atoms with Gasteiger partial charge in [-0.1, -0.05) is 77.4 Å². The zero-order valence-corrected chi connectivity index (χ0v) is 19.7. The van der Waals surface area contributed by atoms with Crippen molar-refractivity contribution in [2.24, 2.45) is 5.16 Å². The Labute approximate surface area is 202 Å². The summed E-state index contributed by atoms with van der Waals surface area (Å²) in [7, 11) is 0. The fraction of sp³-hybridized carbons (Fsp3) is 0.222. The maximum Gasteiger partial charge on any atom is 0.421 e. The average Bonchev–Trinajstić information content (AvgIpc) is 3.31. The summed E-state index contributed by atoms with van der Waals surface area (Å²) in [6.07, 6.45) is -0.761. The van der Waals surface area contributed by atoms with Crippen molar-refractivity contribution in [3.05, 3.63) is 101 Å². The lowest BCUT2D eigenvalue weighted by molar-refractivity contribution is -0.141. The topological polar surface area (TPSA) is 68.2 Å². The lowest BCUT2D eigenvalue weighted by Crippen LogP contribution is -2.48. The van der Waals surface area contributed by atoms with E-state index in [0.29, 0.717) is 22.0 Å². The normalized spacial score (nSPS) is 21.3. The first kappa shape index (κ1) is 22.2. The van der Waals surface area contributed by atoms with E-state index in [1.165, 1.54) is 0 Å². The molecule has 1 spiro atoms. The number of carbonyl (C=O) groups is 2. The van der Waals surface area contributed by atoms with Crippen molar-refractivity contribution in [3.63, 3.8) is 0 Å². The third-order valence-electron chi connectivity index (χ3n) is 5.86. The Morgan fingerprint density at radius 1 is 1.03 bits per heavy atom. The number of hydrogen-bond donors (Lipinski definition) is 0. The SMILES string of the molecule is CC(C)(C)OC(=O)N1C(=O)C2(ON=C(c3ccccc3)C2c2cccc(Cl)c2)c2ccccc21. The van der Waals surface area contributed by atoms with Crippen LogP contribution in [-0.4, -0.2) is 23.3 Å². The Morgan fingerprint density at radius 2 is 1.74 bits per heavy atom. The molecular formula is C27H23ClN2O4. The Kier molecular flexibility index (Phi) is 5.21. The fourth-order valence-corrected chi connectivity index (χ4v) is 4.75. The van der Waals surface area contributed by atoms with Crippen LogP contribution in [0.25, 0.3) is 0 Å². The Hall–Kier alpha value is -3.64. The number of oxime groups is 1. The lowest BCUT2D eigenvalue weighted by atomic mass is 9.74. The number of para-hydroxylation sites is 1. The van der Waals surface area contributed by atoms with Crippen molar-refractivity contribution in [3.8, 4) is 0 Å². The van der Waals surface area contributed by atoms with Crippen molar-refractivity contribution in [1.29, 1.82) is 0 Å². The number of ether oxygens (including phenoxy) is 1. The van der Waals surface area contributed by atoms with Crippen LogP contribution >= 0.6 is 11.6 Å². The molecule has 2 amide bonds. The summed E-state index contributed by atoms with van der Waals surface area (Å²) in [5, 5.41) is 4.94. The molecule has 0 radical (unpaired) electrons. The molecule has 0 saturated heterocycles. The predicted octanol–water partition coefficient (Wildman–Crippen LogP) is 6.04. The summed E-state index contributed by atoms with van der Waals surface area (Å²) >= 11 is 6.35. The number of halogens is 1. The summed E-state index contributed by atoms with van der Waals surface area (Å²) in [5.74, 6) is -1.20. The molecule has 34 heavy (non-hydrogen) atoms. The number of rotatable bonds is 2. The van der Waals surface area contributed by atoms with E-state index < -0.39 is 29.1 Å². The molecule has 0 fully saturated rings. The van der Waals surface area contributed by atoms with Gasteiger partial charge < -0.3 is 9.57 Å². The van der Waals surface area contributed by atoms with Crippen LogP contribution in [0.1, 0.15) is 43.4 Å². The zero-order chi connectivity index (χ0) is 24.1. The second-order valence-corrected chi connectivity index (χ2v) is 9.73. The van der Waals surface area contributed by atoms with Crippen LogP contribution in [0.3, 0.4) is 0 Å². The highest BCUT2D eigenvalue weighted by Gasteiger charge is 2.65. The summed E-state index contributed by atoms with van der Waals surface area (Å²) < 4.78 is 5.58. The molecule has 0 aliphatic carbocycles. The predicted molar refractivity (Wildman–Crippen MR) is 130 cm³/mol. The molecule has 2 atom stereocenters. The molecule has 2 unspecified atom stereocenters. The van der Waals surface area contributed by atoms with Crippen LogP contribution in [0.5, 0.6) is 0 Å². The number of imide groups is 1. The minimum absolute atomic E-state index is 0.415. The van der Waals surface area contributed by atoms with Crippen LogP contribution in [0.4, 0.5) is 10.5 Å². The first-order valence-corrected chi connectivity index (χ1v) is 11.3. The highest BCUT2D eigenvalue weighted by Crippen LogP contribution is 2.55. The van der Waals surface area contributed by atoms with Gasteiger partial charge in [0.1, 0.15) is 5.60 Å². The van der Waals surface area contributed by atoms with E-state index in [9.17, 15) is 9.59 Å². The second-order valence-electron chi connectivity index (χ2n) is 9.30. The van der Waals surface area contributed by atoms with Crippen molar-refractivity contribution in [2.45, 2.75) is 37.9 Å².